The summed E-state index contributed by atoms with van der Waals surface area (Å²) in [7, 11) is 1.56. The van der Waals surface area contributed by atoms with E-state index in [1.807, 2.05) is 0 Å². The van der Waals surface area contributed by atoms with E-state index in [9.17, 15) is 9.18 Å². The molecule has 7 heteroatoms. The van der Waals surface area contributed by atoms with Gasteiger partial charge < -0.3 is 15.4 Å². The highest BCUT2D eigenvalue weighted by Crippen LogP contribution is 2.07. The predicted octanol–water partition coefficient (Wildman–Crippen LogP) is 1.60. The van der Waals surface area contributed by atoms with E-state index in [0.29, 0.717) is 25.5 Å². The Morgan fingerprint density at radius 1 is 1.18 bits per heavy atom. The van der Waals surface area contributed by atoms with Crippen molar-refractivity contribution in [3.63, 3.8) is 0 Å². The predicted molar refractivity (Wildman–Crippen MR) is 80.0 cm³/mol. The molecule has 0 atom stereocenters. The summed E-state index contributed by atoms with van der Waals surface area (Å²) in [5.41, 5.74) is 1.16. The zero-order valence-corrected chi connectivity index (χ0v) is 12.2. The molecule has 1 amide bonds. The van der Waals surface area contributed by atoms with Crippen LogP contribution in [0.5, 0.6) is 0 Å². The van der Waals surface area contributed by atoms with Crippen molar-refractivity contribution in [1.82, 2.24) is 15.5 Å². The molecule has 116 valence electrons. The highest BCUT2D eigenvalue weighted by Gasteiger charge is 2.07. The summed E-state index contributed by atoms with van der Waals surface area (Å²) in [6.45, 7) is 1.35. The number of carbonyl (C=O) groups is 1. The van der Waals surface area contributed by atoms with Crippen molar-refractivity contribution in [2.45, 2.75) is 6.54 Å². The molecule has 0 saturated carbocycles. The average Bonchev–Trinajstić information content (AvgIpc) is 2.55. The third kappa shape index (κ3) is 4.78. The Balaban J connectivity index is 1.86. The van der Waals surface area contributed by atoms with Crippen LogP contribution in [0.2, 0.25) is 0 Å². The van der Waals surface area contributed by atoms with Crippen molar-refractivity contribution in [1.29, 1.82) is 0 Å². The number of ether oxygens (including phenoxy) is 1. The summed E-state index contributed by atoms with van der Waals surface area (Å²) < 4.78 is 17.6. The van der Waals surface area contributed by atoms with Crippen molar-refractivity contribution in [2.24, 2.45) is 0 Å². The van der Waals surface area contributed by atoms with E-state index in [-0.39, 0.29) is 17.4 Å². The molecule has 1 aromatic carbocycles. The molecule has 6 nitrogen and oxygen atoms in total. The molecular weight excluding hydrogens is 287 g/mol. The SMILES string of the molecule is COCCNC(=O)c1ccc(NCc2ccc(F)cc2)nn1. The maximum atomic E-state index is 12.8. The van der Waals surface area contributed by atoms with Crippen LogP contribution < -0.4 is 10.6 Å². The Kier molecular flexibility index (Phi) is 5.79. The molecule has 1 heterocycles. The Hall–Kier alpha value is -2.54. The van der Waals surface area contributed by atoms with E-state index >= 15 is 0 Å². The number of anilines is 1. The van der Waals surface area contributed by atoms with Gasteiger partial charge in [0, 0.05) is 20.2 Å². The second-order valence-electron chi connectivity index (χ2n) is 4.53. The Bertz CT molecular complexity index is 602. The van der Waals surface area contributed by atoms with Crippen LogP contribution in [0, 0.1) is 5.82 Å². The van der Waals surface area contributed by atoms with Crippen LogP contribution in [0.25, 0.3) is 0 Å². The summed E-state index contributed by atoms with van der Waals surface area (Å²) in [6, 6.07) is 9.43. The molecule has 0 unspecified atom stereocenters. The van der Waals surface area contributed by atoms with Crippen molar-refractivity contribution in [2.75, 3.05) is 25.6 Å². The minimum atomic E-state index is -0.297. The first kappa shape index (κ1) is 15.8. The van der Waals surface area contributed by atoms with Crippen LogP contribution in [0.4, 0.5) is 10.2 Å². The largest absolute Gasteiger partial charge is 0.383 e. The molecule has 0 bridgehead atoms. The van der Waals surface area contributed by atoms with Gasteiger partial charge in [-0.2, -0.15) is 0 Å². The van der Waals surface area contributed by atoms with Gasteiger partial charge in [-0.3, -0.25) is 4.79 Å². The number of halogens is 1. The zero-order chi connectivity index (χ0) is 15.8. The Labute approximate surface area is 127 Å². The summed E-state index contributed by atoms with van der Waals surface area (Å²) in [4.78, 5) is 11.7. The Morgan fingerprint density at radius 3 is 2.59 bits per heavy atom. The molecule has 0 aliphatic carbocycles. The van der Waals surface area contributed by atoms with Gasteiger partial charge in [0.1, 0.15) is 11.6 Å². The molecular formula is C15H17FN4O2. The van der Waals surface area contributed by atoms with Gasteiger partial charge in [-0.1, -0.05) is 12.1 Å². The number of aromatic nitrogens is 2. The molecule has 0 fully saturated rings. The number of methoxy groups -OCH3 is 1. The fraction of sp³-hybridized carbons (Fsp3) is 0.267. The number of hydrogen-bond acceptors (Lipinski definition) is 5. The quantitative estimate of drug-likeness (QED) is 0.760. The number of benzene rings is 1. The van der Waals surface area contributed by atoms with E-state index in [1.54, 1.807) is 31.4 Å². The summed E-state index contributed by atoms with van der Waals surface area (Å²) in [5.74, 6) is -0.0280. The lowest BCUT2D eigenvalue weighted by atomic mass is 10.2. The maximum absolute atomic E-state index is 12.8. The maximum Gasteiger partial charge on any atom is 0.271 e. The lowest BCUT2D eigenvalue weighted by Crippen LogP contribution is -2.27. The van der Waals surface area contributed by atoms with Crippen LogP contribution in [0.3, 0.4) is 0 Å². The monoisotopic (exact) mass is 304 g/mol. The van der Waals surface area contributed by atoms with Gasteiger partial charge in [0.2, 0.25) is 0 Å². The molecule has 22 heavy (non-hydrogen) atoms. The highest BCUT2D eigenvalue weighted by atomic mass is 19.1. The van der Waals surface area contributed by atoms with Crippen molar-refractivity contribution >= 4 is 11.7 Å². The number of rotatable bonds is 7. The second-order valence-corrected chi connectivity index (χ2v) is 4.53. The minimum Gasteiger partial charge on any atom is -0.383 e. The summed E-state index contributed by atoms with van der Waals surface area (Å²) in [6.07, 6.45) is 0. The highest BCUT2D eigenvalue weighted by molar-refractivity contribution is 5.92. The van der Waals surface area contributed by atoms with Gasteiger partial charge in [-0.25, -0.2) is 4.39 Å². The molecule has 0 saturated heterocycles. The van der Waals surface area contributed by atoms with Crippen LogP contribution in [0.1, 0.15) is 16.1 Å². The van der Waals surface area contributed by atoms with Crippen molar-refractivity contribution in [3.05, 3.63) is 53.5 Å². The molecule has 0 aliphatic rings. The van der Waals surface area contributed by atoms with E-state index in [0.717, 1.165) is 5.56 Å². The molecule has 2 rings (SSSR count). The van der Waals surface area contributed by atoms with E-state index in [4.69, 9.17) is 4.74 Å². The fourth-order valence-corrected chi connectivity index (χ4v) is 1.70. The van der Waals surface area contributed by atoms with Gasteiger partial charge in [0.15, 0.2) is 5.69 Å². The normalized spacial score (nSPS) is 10.3. The third-order valence-electron chi connectivity index (χ3n) is 2.88. The Morgan fingerprint density at radius 2 is 1.95 bits per heavy atom. The topological polar surface area (TPSA) is 76.1 Å². The van der Waals surface area contributed by atoms with E-state index < -0.39 is 0 Å². The van der Waals surface area contributed by atoms with Crippen LogP contribution in [-0.2, 0) is 11.3 Å². The van der Waals surface area contributed by atoms with Gasteiger partial charge in [0.05, 0.1) is 6.61 Å². The van der Waals surface area contributed by atoms with Crippen molar-refractivity contribution in [3.8, 4) is 0 Å². The van der Waals surface area contributed by atoms with Crippen molar-refractivity contribution < 1.29 is 13.9 Å². The third-order valence-corrected chi connectivity index (χ3v) is 2.88. The van der Waals surface area contributed by atoms with Gasteiger partial charge in [0.25, 0.3) is 5.91 Å². The van der Waals surface area contributed by atoms with Crippen LogP contribution in [0.15, 0.2) is 36.4 Å². The molecule has 0 aliphatic heterocycles. The average molecular weight is 304 g/mol. The number of amides is 1. The zero-order valence-electron chi connectivity index (χ0n) is 12.2. The number of nitrogens with one attached hydrogen (secondary N) is 2. The lowest BCUT2D eigenvalue weighted by Gasteiger charge is -2.06. The number of nitrogens with zero attached hydrogens (tertiary/aromatic N) is 2. The molecule has 2 aromatic rings. The first-order chi connectivity index (χ1) is 10.7. The lowest BCUT2D eigenvalue weighted by molar-refractivity contribution is 0.0931. The van der Waals surface area contributed by atoms with Crippen LogP contribution in [-0.4, -0.2) is 36.4 Å². The number of hydrogen-bond donors (Lipinski definition) is 2. The molecule has 0 radical (unpaired) electrons. The standard InChI is InChI=1S/C15H17FN4O2/c1-22-9-8-17-15(21)13-6-7-14(20-19-13)18-10-11-2-4-12(16)5-3-11/h2-7H,8-10H2,1H3,(H,17,21)(H,18,20). The van der Waals surface area contributed by atoms with Crippen LogP contribution >= 0.6 is 0 Å². The minimum absolute atomic E-state index is 0.239. The van der Waals surface area contributed by atoms with Gasteiger partial charge >= 0.3 is 0 Å². The molecule has 2 N–H and O–H groups in total. The molecule has 0 spiro atoms. The van der Waals surface area contributed by atoms with E-state index in [1.165, 1.54) is 12.1 Å². The summed E-state index contributed by atoms with van der Waals surface area (Å²) >= 11 is 0. The van der Waals surface area contributed by atoms with E-state index in [2.05, 4.69) is 20.8 Å². The fourth-order valence-electron chi connectivity index (χ4n) is 1.70. The van der Waals surface area contributed by atoms with Gasteiger partial charge in [-0.15, -0.1) is 10.2 Å². The first-order valence-corrected chi connectivity index (χ1v) is 6.78. The first-order valence-electron chi connectivity index (χ1n) is 6.78. The number of carbonyl (C=O) groups excluding carboxylic acids is 1. The second kappa shape index (κ2) is 8.04. The molecule has 1 aromatic heterocycles. The smallest absolute Gasteiger partial charge is 0.271 e. The summed E-state index contributed by atoms with van der Waals surface area (Å²) in [5, 5.41) is 13.5. The van der Waals surface area contributed by atoms with Gasteiger partial charge in [-0.05, 0) is 29.8 Å².